The summed E-state index contributed by atoms with van der Waals surface area (Å²) in [7, 11) is 0. The number of Topliss-reactive ketones (excluding diaryl/α,β-unsaturated/α-hetero) is 2. The van der Waals surface area contributed by atoms with E-state index in [1.54, 1.807) is 79.0 Å². The number of ketones is 2. The summed E-state index contributed by atoms with van der Waals surface area (Å²) in [6.07, 6.45) is 2.21. The lowest BCUT2D eigenvalue weighted by Gasteiger charge is -2.23. The van der Waals surface area contributed by atoms with Gasteiger partial charge in [-0.25, -0.2) is 0 Å². The normalized spacial score (nSPS) is 19.3. The highest BCUT2D eigenvalue weighted by Crippen LogP contribution is 2.39. The van der Waals surface area contributed by atoms with Crippen molar-refractivity contribution < 1.29 is 19.2 Å². The summed E-state index contributed by atoms with van der Waals surface area (Å²) in [5.41, 5.74) is 2.18. The Balaban J connectivity index is 1.57. The molecule has 7 heteroatoms. The first kappa shape index (κ1) is 20.5. The van der Waals surface area contributed by atoms with Gasteiger partial charge < -0.3 is 5.32 Å². The van der Waals surface area contributed by atoms with Crippen molar-refractivity contribution in [3.8, 4) is 0 Å². The lowest BCUT2D eigenvalue weighted by atomic mass is 9.94. The van der Waals surface area contributed by atoms with Crippen LogP contribution in [0.4, 0.5) is 5.69 Å². The molecule has 3 aromatic rings. The minimum Gasteiger partial charge on any atom is -0.378 e. The number of para-hydroxylation sites is 1. The topological polar surface area (TPSA) is 96.4 Å². The predicted molar refractivity (Wildman–Crippen MR) is 120 cm³/mol. The molecule has 33 heavy (non-hydrogen) atoms. The van der Waals surface area contributed by atoms with Crippen LogP contribution in [0.2, 0.25) is 0 Å². The number of fused-ring (bicyclic) bond motifs is 1. The van der Waals surface area contributed by atoms with E-state index in [4.69, 9.17) is 0 Å². The molecule has 0 spiro atoms. The molecule has 1 fully saturated rings. The number of hydrogen-bond acceptors (Lipinski definition) is 6. The fraction of sp³-hybridized carbons (Fsp3) is 0.115. The summed E-state index contributed by atoms with van der Waals surface area (Å²) < 4.78 is 0. The number of rotatable bonds is 4. The van der Waals surface area contributed by atoms with Gasteiger partial charge in [-0.05, 0) is 24.3 Å². The fourth-order valence-electron chi connectivity index (χ4n) is 4.46. The van der Waals surface area contributed by atoms with Crippen molar-refractivity contribution in [2.24, 2.45) is 5.92 Å². The van der Waals surface area contributed by atoms with Crippen molar-refractivity contribution >= 4 is 29.6 Å². The van der Waals surface area contributed by atoms with Gasteiger partial charge in [0.05, 0.1) is 28.9 Å². The van der Waals surface area contributed by atoms with Crippen molar-refractivity contribution in [1.29, 1.82) is 0 Å². The number of nitrogens with one attached hydrogen (secondary N) is 1. The lowest BCUT2D eigenvalue weighted by molar-refractivity contribution is -0.125. The van der Waals surface area contributed by atoms with Crippen LogP contribution in [0.15, 0.2) is 90.3 Å². The van der Waals surface area contributed by atoms with E-state index in [1.165, 1.54) is 0 Å². The van der Waals surface area contributed by atoms with Crippen LogP contribution < -0.4 is 10.2 Å². The zero-order valence-corrected chi connectivity index (χ0v) is 17.5. The highest BCUT2D eigenvalue weighted by Gasteiger charge is 2.44. The first-order valence-electron chi connectivity index (χ1n) is 10.5. The molecule has 7 nitrogen and oxygen atoms in total. The quantitative estimate of drug-likeness (QED) is 0.382. The van der Waals surface area contributed by atoms with Crippen molar-refractivity contribution in [1.82, 2.24) is 10.3 Å². The molecule has 5 rings (SSSR count). The molecule has 1 N–H and O–H groups in total. The molecule has 0 radical (unpaired) electrons. The van der Waals surface area contributed by atoms with Crippen molar-refractivity contribution in [3.63, 3.8) is 0 Å². The Labute approximate surface area is 189 Å². The predicted octanol–water partition coefficient (Wildman–Crippen LogP) is 3.26. The van der Waals surface area contributed by atoms with E-state index in [0.29, 0.717) is 34.6 Å². The van der Waals surface area contributed by atoms with Gasteiger partial charge >= 0.3 is 0 Å². The minimum absolute atomic E-state index is 0.0461. The summed E-state index contributed by atoms with van der Waals surface area (Å²) in [6.45, 7) is 0. The second-order valence-electron chi connectivity index (χ2n) is 7.89. The van der Waals surface area contributed by atoms with E-state index in [9.17, 15) is 19.2 Å². The lowest BCUT2D eigenvalue weighted by Crippen LogP contribution is -2.37. The molecule has 0 saturated carbocycles. The van der Waals surface area contributed by atoms with Crippen LogP contribution in [0.1, 0.15) is 38.9 Å². The molecule has 2 atom stereocenters. The van der Waals surface area contributed by atoms with Crippen molar-refractivity contribution in [2.45, 2.75) is 12.5 Å². The van der Waals surface area contributed by atoms with Crippen LogP contribution in [0.25, 0.3) is 0 Å². The maximum atomic E-state index is 13.5. The van der Waals surface area contributed by atoms with E-state index in [2.05, 4.69) is 10.3 Å². The summed E-state index contributed by atoms with van der Waals surface area (Å²) in [5, 5.41) is 3.22. The first-order chi connectivity index (χ1) is 16.1. The zero-order chi connectivity index (χ0) is 22.9. The van der Waals surface area contributed by atoms with Crippen LogP contribution >= 0.6 is 0 Å². The van der Waals surface area contributed by atoms with Gasteiger partial charge in [-0.15, -0.1) is 0 Å². The second-order valence-corrected chi connectivity index (χ2v) is 7.89. The third kappa shape index (κ3) is 3.43. The Morgan fingerprint density at radius 1 is 0.909 bits per heavy atom. The number of carbonyl (C=O) groups excluding carboxylic acids is 4. The van der Waals surface area contributed by atoms with Gasteiger partial charge in [0.2, 0.25) is 12.3 Å². The fourth-order valence-corrected chi connectivity index (χ4v) is 4.46. The van der Waals surface area contributed by atoms with Gasteiger partial charge in [-0.3, -0.25) is 29.1 Å². The monoisotopic (exact) mass is 437 g/mol. The molecule has 1 saturated heterocycles. The SMILES string of the molecule is O=CN(C(=O)C1CC(=C2C(=O)c3ccccc3C2=O)NC1c1ccccn1)c1ccccc1. The maximum Gasteiger partial charge on any atom is 0.239 e. The summed E-state index contributed by atoms with van der Waals surface area (Å²) in [6, 6.07) is 20.0. The highest BCUT2D eigenvalue weighted by atomic mass is 16.2. The van der Waals surface area contributed by atoms with E-state index in [1.807, 2.05) is 0 Å². The smallest absolute Gasteiger partial charge is 0.239 e. The Hall–Kier alpha value is -4.39. The molecule has 2 unspecified atom stereocenters. The van der Waals surface area contributed by atoms with E-state index >= 15 is 0 Å². The van der Waals surface area contributed by atoms with Gasteiger partial charge in [0, 0.05) is 29.4 Å². The van der Waals surface area contributed by atoms with Gasteiger partial charge in [-0.2, -0.15) is 0 Å². The maximum absolute atomic E-state index is 13.5. The molecule has 1 aliphatic carbocycles. The van der Waals surface area contributed by atoms with Crippen LogP contribution in [0.3, 0.4) is 0 Å². The van der Waals surface area contributed by atoms with E-state index in [-0.39, 0.29) is 23.6 Å². The van der Waals surface area contributed by atoms with Crippen LogP contribution in [-0.4, -0.2) is 28.9 Å². The first-order valence-corrected chi connectivity index (χ1v) is 10.5. The van der Waals surface area contributed by atoms with E-state index < -0.39 is 17.9 Å². The Kier molecular flexibility index (Phi) is 5.14. The second kappa shape index (κ2) is 8.27. The average molecular weight is 437 g/mol. The molecule has 2 aliphatic rings. The van der Waals surface area contributed by atoms with Gasteiger partial charge in [0.25, 0.3) is 0 Å². The summed E-state index contributed by atoms with van der Waals surface area (Å²) in [4.78, 5) is 56.9. The number of anilines is 1. The number of hydrogen-bond donors (Lipinski definition) is 1. The van der Waals surface area contributed by atoms with Gasteiger partial charge in [0.1, 0.15) is 0 Å². The van der Waals surface area contributed by atoms with Gasteiger partial charge in [0.15, 0.2) is 11.6 Å². The van der Waals surface area contributed by atoms with Gasteiger partial charge in [-0.1, -0.05) is 48.5 Å². The number of carbonyl (C=O) groups is 4. The number of imide groups is 1. The molecule has 1 aliphatic heterocycles. The number of nitrogens with zero attached hydrogens (tertiary/aromatic N) is 2. The van der Waals surface area contributed by atoms with Crippen molar-refractivity contribution in [3.05, 3.63) is 107 Å². The summed E-state index contributed by atoms with van der Waals surface area (Å²) in [5.74, 6) is -1.90. The summed E-state index contributed by atoms with van der Waals surface area (Å²) >= 11 is 0. The number of benzene rings is 2. The highest BCUT2D eigenvalue weighted by molar-refractivity contribution is 6.39. The molecule has 2 heterocycles. The number of amides is 2. The number of aromatic nitrogens is 1. The largest absolute Gasteiger partial charge is 0.378 e. The third-order valence-corrected chi connectivity index (χ3v) is 6.03. The Morgan fingerprint density at radius 2 is 1.55 bits per heavy atom. The van der Waals surface area contributed by atoms with E-state index in [0.717, 1.165) is 4.90 Å². The number of allylic oxidation sites excluding steroid dienone is 2. The average Bonchev–Trinajstić information content (AvgIpc) is 3.40. The molecular formula is C26H19N3O4. The minimum atomic E-state index is -0.739. The standard InChI is InChI=1S/C26H19N3O4/c30-15-29(16-8-2-1-3-9-16)26(33)19-14-21(28-23(19)20-12-6-7-13-27-20)22-24(31)17-10-4-5-11-18(17)25(22)32/h1-13,15,19,23,28H,14H2. The van der Waals surface area contributed by atoms with Crippen LogP contribution in [0, 0.1) is 5.92 Å². The third-order valence-electron chi connectivity index (χ3n) is 6.03. The molecule has 2 amide bonds. The molecule has 2 aromatic carbocycles. The zero-order valence-electron chi connectivity index (χ0n) is 17.5. The molecular weight excluding hydrogens is 418 g/mol. The molecule has 0 bridgehead atoms. The molecule has 162 valence electrons. The molecule has 1 aromatic heterocycles. The Bertz CT molecular complexity index is 1260. The van der Waals surface area contributed by atoms with Crippen LogP contribution in [-0.2, 0) is 9.59 Å². The van der Waals surface area contributed by atoms with Crippen LogP contribution in [0.5, 0.6) is 0 Å². The van der Waals surface area contributed by atoms with Crippen molar-refractivity contribution in [2.75, 3.05) is 4.90 Å². The Morgan fingerprint density at radius 3 is 2.15 bits per heavy atom. The number of pyridine rings is 1.